The third-order valence-corrected chi connectivity index (χ3v) is 4.30. The summed E-state index contributed by atoms with van der Waals surface area (Å²) in [6, 6.07) is 2.05. The number of ether oxygens (including phenoxy) is 1. The lowest BCUT2D eigenvalue weighted by molar-refractivity contribution is -0.134. The van der Waals surface area contributed by atoms with Crippen LogP contribution in [0, 0.1) is 16.4 Å². The number of halogens is 2. The van der Waals surface area contributed by atoms with Crippen LogP contribution in [0.25, 0.3) is 0 Å². The number of hydrogen-bond donors (Lipinski definition) is 4. The lowest BCUT2D eigenvalue weighted by Crippen LogP contribution is -2.27. The molecule has 0 amide bonds. The number of nitrogens with one attached hydrogen (secondary N) is 1. The summed E-state index contributed by atoms with van der Waals surface area (Å²) in [6.07, 6.45) is 4.07. The first-order valence-electron chi connectivity index (χ1n) is 8.46. The Labute approximate surface area is 169 Å². The zero-order valence-corrected chi connectivity index (χ0v) is 15.9. The fourth-order valence-corrected chi connectivity index (χ4v) is 3.21. The van der Waals surface area contributed by atoms with Crippen LogP contribution < -0.4 is 10.5 Å². The number of aromatic nitrogens is 2. The average Bonchev–Trinajstić information content (AvgIpc) is 3.00. The van der Waals surface area contributed by atoms with Gasteiger partial charge in [-0.05, 0) is 24.8 Å². The fraction of sp³-hybridized carbons (Fsp3) is 0.278. The molecule has 0 radical (unpaired) electrons. The van der Waals surface area contributed by atoms with Crippen molar-refractivity contribution in [1.29, 1.82) is 0 Å². The molecule has 1 atom stereocenters. The van der Waals surface area contributed by atoms with Crippen LogP contribution in [0.1, 0.15) is 17.3 Å². The summed E-state index contributed by atoms with van der Waals surface area (Å²) in [4.78, 5) is 22.1. The molecule has 29 heavy (non-hydrogen) atoms. The van der Waals surface area contributed by atoms with E-state index in [-0.39, 0.29) is 11.8 Å². The number of nitrogens with zero attached hydrogens (tertiary/aromatic N) is 1. The van der Waals surface area contributed by atoms with Gasteiger partial charge in [0.25, 0.3) is 0 Å². The van der Waals surface area contributed by atoms with Gasteiger partial charge in [0.15, 0.2) is 16.3 Å². The van der Waals surface area contributed by atoms with Crippen molar-refractivity contribution in [2.45, 2.75) is 18.9 Å². The first-order valence-corrected chi connectivity index (χ1v) is 8.87. The molecule has 1 aliphatic heterocycles. The van der Waals surface area contributed by atoms with E-state index in [1.54, 1.807) is 0 Å². The molecule has 0 unspecified atom stereocenters. The van der Waals surface area contributed by atoms with Gasteiger partial charge in [0.05, 0.1) is 6.04 Å². The third kappa shape index (κ3) is 5.96. The highest BCUT2D eigenvalue weighted by Crippen LogP contribution is 2.33. The summed E-state index contributed by atoms with van der Waals surface area (Å²) in [5.74, 6) is -3.64. The van der Waals surface area contributed by atoms with Gasteiger partial charge in [-0.25, -0.2) is 18.4 Å². The van der Waals surface area contributed by atoms with E-state index >= 15 is 0 Å². The lowest BCUT2D eigenvalue weighted by Gasteiger charge is -2.27. The summed E-state index contributed by atoms with van der Waals surface area (Å²) >= 11 is 5.28. The Balaban J connectivity index is 0.000000321. The van der Waals surface area contributed by atoms with E-state index in [0.29, 0.717) is 48.5 Å². The molecule has 0 aliphatic carbocycles. The molecule has 2 aromatic rings. The smallest absolute Gasteiger partial charge is 0.328 e. The molecule has 0 saturated carbocycles. The maximum atomic E-state index is 13.7. The van der Waals surface area contributed by atoms with Crippen LogP contribution in [-0.4, -0.2) is 44.9 Å². The number of rotatable bonds is 5. The molecule has 8 nitrogen and oxygen atoms in total. The first kappa shape index (κ1) is 22.2. The fourth-order valence-electron chi connectivity index (χ4n) is 2.88. The number of hydrogen-bond acceptors (Lipinski definition) is 5. The van der Waals surface area contributed by atoms with Gasteiger partial charge in [0.2, 0.25) is 0 Å². The number of H-pyrrole nitrogens is 1. The number of fused-ring (bicyclic) bond motifs is 1. The molecule has 5 N–H and O–H groups in total. The number of carbonyl (C=O) groups is 2. The van der Waals surface area contributed by atoms with E-state index in [1.807, 2.05) is 10.8 Å². The minimum absolute atomic E-state index is 0.0981. The van der Waals surface area contributed by atoms with Crippen molar-refractivity contribution in [2.75, 3.05) is 13.2 Å². The molecule has 1 aliphatic rings. The molecule has 0 spiro atoms. The van der Waals surface area contributed by atoms with Crippen molar-refractivity contribution in [1.82, 2.24) is 9.55 Å². The highest BCUT2D eigenvalue weighted by atomic mass is 32.1. The molecule has 11 heteroatoms. The van der Waals surface area contributed by atoms with Gasteiger partial charge in [0.1, 0.15) is 12.4 Å². The van der Waals surface area contributed by atoms with Gasteiger partial charge in [-0.3, -0.25) is 0 Å². The summed E-state index contributed by atoms with van der Waals surface area (Å²) in [5, 5.41) is 15.6. The van der Waals surface area contributed by atoms with Gasteiger partial charge >= 0.3 is 11.9 Å². The Morgan fingerprint density at radius 1 is 1.31 bits per heavy atom. The summed E-state index contributed by atoms with van der Waals surface area (Å²) in [7, 11) is 0. The molecular formula is C18H19F2N3O5S. The lowest BCUT2D eigenvalue weighted by atomic mass is 10.0. The van der Waals surface area contributed by atoms with Crippen LogP contribution in [0.3, 0.4) is 0 Å². The number of imidazole rings is 1. The maximum Gasteiger partial charge on any atom is 0.328 e. The standard InChI is InChI=1S/C14H15F2N3OS.C4H4O4/c15-9-3-8-4-11(7-20-13(8)12(16)5-9)19-10(1-2-17)6-18-14(19)21;5-3(6)1-2-4(7)8/h3,5-6,11H,1-2,4,7,17H2,(H,18,21);1-2H,(H,5,6)(H,7,8)/b;2-1+/t11-;/m1./s1. The molecule has 156 valence electrons. The second-order valence-electron chi connectivity index (χ2n) is 6.05. The third-order valence-electron chi connectivity index (χ3n) is 3.99. The summed E-state index contributed by atoms with van der Waals surface area (Å²) in [6.45, 7) is 0.791. The van der Waals surface area contributed by atoms with Gasteiger partial charge in [-0.1, -0.05) is 0 Å². The second kappa shape index (κ2) is 9.94. The maximum absolute atomic E-state index is 13.7. The number of nitrogens with two attached hydrogens (primary N) is 1. The predicted molar refractivity (Wildman–Crippen MR) is 101 cm³/mol. The monoisotopic (exact) mass is 427 g/mol. The van der Waals surface area contributed by atoms with Crippen LogP contribution in [0.15, 0.2) is 30.5 Å². The average molecular weight is 427 g/mol. The van der Waals surface area contributed by atoms with Crippen molar-refractivity contribution in [3.8, 4) is 5.75 Å². The molecule has 0 saturated heterocycles. The Morgan fingerprint density at radius 2 is 1.97 bits per heavy atom. The van der Waals surface area contributed by atoms with Crippen LogP contribution >= 0.6 is 12.2 Å². The van der Waals surface area contributed by atoms with Crippen LogP contribution in [-0.2, 0) is 22.4 Å². The highest BCUT2D eigenvalue weighted by molar-refractivity contribution is 7.71. The number of carboxylic acids is 2. The predicted octanol–water partition coefficient (Wildman–Crippen LogP) is 2.21. The number of benzene rings is 1. The number of aromatic amines is 1. The van der Waals surface area contributed by atoms with E-state index in [0.717, 1.165) is 11.8 Å². The van der Waals surface area contributed by atoms with Gasteiger partial charge in [-0.2, -0.15) is 0 Å². The van der Waals surface area contributed by atoms with Gasteiger partial charge in [-0.15, -0.1) is 0 Å². The molecule has 1 aromatic carbocycles. The van der Waals surface area contributed by atoms with E-state index in [1.165, 1.54) is 6.07 Å². The molecule has 0 bridgehead atoms. The summed E-state index contributed by atoms with van der Waals surface area (Å²) in [5.41, 5.74) is 7.08. The van der Waals surface area contributed by atoms with E-state index in [9.17, 15) is 18.4 Å². The molecule has 0 fully saturated rings. The largest absolute Gasteiger partial charge is 0.488 e. The molecule has 3 rings (SSSR count). The molecule has 1 aromatic heterocycles. The quantitative estimate of drug-likeness (QED) is 0.425. The van der Waals surface area contributed by atoms with Crippen molar-refractivity contribution >= 4 is 24.2 Å². The normalized spacial score (nSPS) is 15.2. The Bertz CT molecular complexity index is 970. The van der Waals surface area contributed by atoms with E-state index in [4.69, 9.17) is 32.9 Å². The number of aliphatic carboxylic acids is 2. The molecular weight excluding hydrogens is 408 g/mol. The van der Waals surface area contributed by atoms with Gasteiger partial charge in [0, 0.05) is 48.5 Å². The van der Waals surface area contributed by atoms with E-state index < -0.39 is 23.6 Å². The SMILES string of the molecule is NCCc1c[nH]c(=S)n1[C@H]1COc2c(F)cc(F)cc2C1.O=C(O)/C=C/C(=O)O. The molecule has 2 heterocycles. The van der Waals surface area contributed by atoms with E-state index in [2.05, 4.69) is 4.98 Å². The van der Waals surface area contributed by atoms with Crippen LogP contribution in [0.4, 0.5) is 8.78 Å². The zero-order chi connectivity index (χ0) is 21.6. The second-order valence-corrected chi connectivity index (χ2v) is 6.44. The minimum atomic E-state index is -1.26. The Morgan fingerprint density at radius 3 is 2.55 bits per heavy atom. The van der Waals surface area contributed by atoms with Crippen molar-refractivity contribution in [2.24, 2.45) is 5.73 Å². The Hall–Kier alpha value is -3.05. The number of carboxylic acid groups (broad SMARTS) is 2. The van der Waals surface area contributed by atoms with Crippen molar-refractivity contribution in [3.63, 3.8) is 0 Å². The van der Waals surface area contributed by atoms with Crippen LogP contribution in [0.5, 0.6) is 5.75 Å². The summed E-state index contributed by atoms with van der Waals surface area (Å²) < 4.78 is 35.0. The topological polar surface area (TPSA) is 131 Å². The first-order chi connectivity index (χ1) is 13.7. The van der Waals surface area contributed by atoms with Crippen LogP contribution in [0.2, 0.25) is 0 Å². The van der Waals surface area contributed by atoms with Crippen molar-refractivity contribution in [3.05, 3.63) is 58.1 Å². The minimum Gasteiger partial charge on any atom is -0.488 e. The highest BCUT2D eigenvalue weighted by Gasteiger charge is 2.26. The van der Waals surface area contributed by atoms with Crippen molar-refractivity contribution < 1.29 is 33.3 Å². The van der Waals surface area contributed by atoms with Gasteiger partial charge < -0.3 is 30.2 Å². The zero-order valence-electron chi connectivity index (χ0n) is 15.1. The Kier molecular flexibility index (Phi) is 7.62.